The van der Waals surface area contributed by atoms with Gasteiger partial charge in [-0.3, -0.25) is 9.59 Å². The molecule has 0 spiro atoms. The third kappa shape index (κ3) is 4.98. The van der Waals surface area contributed by atoms with Crippen molar-refractivity contribution >= 4 is 22.9 Å². The highest BCUT2D eigenvalue weighted by Crippen LogP contribution is 2.49. The lowest BCUT2D eigenvalue weighted by atomic mass is 9.90. The molecule has 0 radical (unpaired) electrons. The van der Waals surface area contributed by atoms with E-state index < -0.39 is 40.5 Å². The molecule has 2 aromatic heterocycles. The van der Waals surface area contributed by atoms with Crippen LogP contribution in [-0.4, -0.2) is 41.5 Å². The number of carbonyl (C=O) groups excluding carboxylic acids is 2. The molecule has 3 aromatic carbocycles. The van der Waals surface area contributed by atoms with E-state index in [-0.39, 0.29) is 34.5 Å². The topological polar surface area (TPSA) is 157 Å². The molecule has 0 amide bonds. The van der Waals surface area contributed by atoms with Crippen LogP contribution in [0.4, 0.5) is 0 Å². The molecule has 208 valence electrons. The maximum absolute atomic E-state index is 13.2. The Kier molecular flexibility index (Phi) is 7.22. The molecular formula is C31H24O10. The van der Waals surface area contributed by atoms with Crippen molar-refractivity contribution < 1.29 is 43.2 Å². The summed E-state index contributed by atoms with van der Waals surface area (Å²) in [5.74, 6) is -4.24. The van der Waals surface area contributed by atoms with Crippen LogP contribution in [0.25, 0.3) is 33.6 Å². The van der Waals surface area contributed by atoms with Gasteiger partial charge in [-0.15, -0.1) is 0 Å². The van der Waals surface area contributed by atoms with Crippen molar-refractivity contribution in [1.82, 2.24) is 0 Å². The Morgan fingerprint density at radius 3 is 2.12 bits per heavy atom. The normalized spacial score (nSPS) is 11.8. The second-order valence-electron chi connectivity index (χ2n) is 9.11. The van der Waals surface area contributed by atoms with E-state index in [9.17, 15) is 29.7 Å². The van der Waals surface area contributed by atoms with Crippen LogP contribution in [0.5, 0.6) is 17.2 Å². The predicted octanol–water partition coefficient (Wildman–Crippen LogP) is 5.32. The van der Waals surface area contributed by atoms with Gasteiger partial charge in [0.15, 0.2) is 16.9 Å². The van der Waals surface area contributed by atoms with Gasteiger partial charge in [0.05, 0.1) is 37.7 Å². The maximum Gasteiger partial charge on any atom is 0.337 e. The van der Waals surface area contributed by atoms with Gasteiger partial charge in [0.2, 0.25) is 5.75 Å². The highest BCUT2D eigenvalue weighted by Gasteiger charge is 2.33. The number of esters is 2. The summed E-state index contributed by atoms with van der Waals surface area (Å²) in [6, 6.07) is 19.5. The zero-order valence-electron chi connectivity index (χ0n) is 21.9. The Labute approximate surface area is 232 Å². The number of hydrogen-bond acceptors (Lipinski definition) is 10. The minimum absolute atomic E-state index is 0.136. The van der Waals surface area contributed by atoms with Crippen LogP contribution in [0.2, 0.25) is 0 Å². The van der Waals surface area contributed by atoms with Crippen molar-refractivity contribution in [2.24, 2.45) is 0 Å². The van der Waals surface area contributed by atoms with E-state index in [0.29, 0.717) is 22.5 Å². The van der Waals surface area contributed by atoms with E-state index >= 15 is 0 Å². The molecule has 41 heavy (non-hydrogen) atoms. The van der Waals surface area contributed by atoms with Crippen molar-refractivity contribution in [3.05, 3.63) is 99.9 Å². The number of fused-ring (bicyclic) bond motifs is 1. The summed E-state index contributed by atoms with van der Waals surface area (Å²) in [7, 11) is 2.47. The smallest absolute Gasteiger partial charge is 0.337 e. The van der Waals surface area contributed by atoms with Gasteiger partial charge in [-0.1, -0.05) is 42.5 Å². The largest absolute Gasteiger partial charge is 0.504 e. The molecule has 1 atom stereocenters. The number of carbonyl (C=O) groups is 2. The van der Waals surface area contributed by atoms with E-state index in [0.717, 1.165) is 6.07 Å². The molecule has 0 bridgehead atoms. The number of phenols is 3. The van der Waals surface area contributed by atoms with Crippen LogP contribution >= 0.6 is 0 Å². The Balaban J connectivity index is 1.71. The minimum atomic E-state index is -1.12. The number of aromatic hydroxyl groups is 3. The number of ether oxygens (including phenoxy) is 2. The van der Waals surface area contributed by atoms with Crippen molar-refractivity contribution in [3.63, 3.8) is 0 Å². The van der Waals surface area contributed by atoms with Gasteiger partial charge in [0, 0.05) is 17.2 Å². The number of furan rings is 1. The standard InChI is InChI=1S/C31H24O10/c1-38-24(33)14-19(22-13-12-21(40-22)17-8-10-18(11-9-17)31(37)39-2)25-27(34)29(36)28(35)26-20(32)15-23(41-30(25)26)16-6-4-3-5-7-16/h3-13,15,19,34-36H,14H2,1-2H3/t19-/m1/s1. The average Bonchev–Trinajstić information content (AvgIpc) is 3.49. The van der Waals surface area contributed by atoms with Crippen LogP contribution in [-0.2, 0) is 14.3 Å². The van der Waals surface area contributed by atoms with E-state index in [2.05, 4.69) is 0 Å². The van der Waals surface area contributed by atoms with Gasteiger partial charge < -0.3 is 33.6 Å². The fourth-order valence-electron chi connectivity index (χ4n) is 4.62. The van der Waals surface area contributed by atoms with Crippen molar-refractivity contribution in [2.45, 2.75) is 12.3 Å². The van der Waals surface area contributed by atoms with Gasteiger partial charge in [-0.25, -0.2) is 4.79 Å². The van der Waals surface area contributed by atoms with E-state index in [1.54, 1.807) is 66.7 Å². The first-order valence-corrected chi connectivity index (χ1v) is 12.4. The zero-order valence-corrected chi connectivity index (χ0v) is 21.9. The summed E-state index contributed by atoms with van der Waals surface area (Å²) in [4.78, 5) is 37.5. The maximum atomic E-state index is 13.2. The van der Waals surface area contributed by atoms with Gasteiger partial charge in [-0.2, -0.15) is 0 Å². The summed E-state index contributed by atoms with van der Waals surface area (Å²) in [5, 5.41) is 31.9. The monoisotopic (exact) mass is 556 g/mol. The number of phenolic OH excluding ortho intramolecular Hbond substituents is 3. The Morgan fingerprint density at radius 1 is 0.780 bits per heavy atom. The fraction of sp³-hybridized carbons (Fsp3) is 0.129. The molecule has 3 N–H and O–H groups in total. The van der Waals surface area contributed by atoms with Crippen LogP contribution in [0.15, 0.2) is 86.4 Å². The summed E-state index contributed by atoms with van der Waals surface area (Å²) in [6.07, 6.45) is -0.378. The van der Waals surface area contributed by atoms with Gasteiger partial charge in [0.25, 0.3) is 0 Å². The van der Waals surface area contributed by atoms with Crippen LogP contribution in [0.1, 0.15) is 34.0 Å². The lowest BCUT2D eigenvalue weighted by Gasteiger charge is -2.19. The molecule has 0 unspecified atom stereocenters. The zero-order chi connectivity index (χ0) is 29.3. The quantitative estimate of drug-likeness (QED) is 0.177. The number of benzene rings is 3. The van der Waals surface area contributed by atoms with Crippen molar-refractivity contribution in [1.29, 1.82) is 0 Å². The Bertz CT molecular complexity index is 1810. The molecule has 0 aliphatic heterocycles. The van der Waals surface area contributed by atoms with Crippen molar-refractivity contribution in [3.8, 4) is 39.9 Å². The molecule has 0 saturated carbocycles. The Morgan fingerprint density at radius 2 is 1.46 bits per heavy atom. The first kappa shape index (κ1) is 27.1. The SMILES string of the molecule is COC(=O)C[C@H](c1ccc(-c2ccc(C(=O)OC)cc2)o1)c1c(O)c(O)c(O)c2c(=O)cc(-c3ccccc3)oc12. The molecule has 0 saturated heterocycles. The minimum Gasteiger partial charge on any atom is -0.504 e. The second-order valence-corrected chi connectivity index (χ2v) is 9.11. The predicted molar refractivity (Wildman–Crippen MR) is 147 cm³/mol. The fourth-order valence-corrected chi connectivity index (χ4v) is 4.62. The van der Waals surface area contributed by atoms with E-state index in [1.807, 2.05) is 0 Å². The van der Waals surface area contributed by atoms with Crippen molar-refractivity contribution in [2.75, 3.05) is 14.2 Å². The average molecular weight is 557 g/mol. The highest BCUT2D eigenvalue weighted by atomic mass is 16.5. The molecule has 5 rings (SSSR count). The van der Waals surface area contributed by atoms with E-state index in [1.165, 1.54) is 14.2 Å². The van der Waals surface area contributed by atoms with Gasteiger partial charge in [0.1, 0.15) is 28.2 Å². The third-order valence-corrected chi connectivity index (χ3v) is 6.70. The van der Waals surface area contributed by atoms with E-state index in [4.69, 9.17) is 18.3 Å². The van der Waals surface area contributed by atoms with Gasteiger partial charge in [-0.05, 0) is 24.3 Å². The first-order valence-electron chi connectivity index (χ1n) is 12.4. The molecule has 0 fully saturated rings. The molecule has 0 aliphatic rings. The Hall–Kier alpha value is -5.51. The lowest BCUT2D eigenvalue weighted by molar-refractivity contribution is -0.140. The highest BCUT2D eigenvalue weighted by molar-refractivity contribution is 5.94. The summed E-state index contributed by atoms with van der Waals surface area (Å²) < 4.78 is 21.7. The lowest BCUT2D eigenvalue weighted by Crippen LogP contribution is -2.12. The number of hydrogen-bond donors (Lipinski definition) is 3. The summed E-state index contributed by atoms with van der Waals surface area (Å²) in [5.41, 5.74) is 0.413. The second kappa shape index (κ2) is 10.9. The number of methoxy groups -OCH3 is 2. The molecule has 10 heteroatoms. The van der Waals surface area contributed by atoms with Crippen LogP contribution < -0.4 is 5.43 Å². The third-order valence-electron chi connectivity index (χ3n) is 6.70. The molecule has 2 heterocycles. The molecule has 5 aromatic rings. The van der Waals surface area contributed by atoms with Crippen LogP contribution in [0.3, 0.4) is 0 Å². The first-order chi connectivity index (χ1) is 19.7. The summed E-state index contributed by atoms with van der Waals surface area (Å²) >= 11 is 0. The van der Waals surface area contributed by atoms with Gasteiger partial charge >= 0.3 is 11.9 Å². The summed E-state index contributed by atoms with van der Waals surface area (Å²) in [6.45, 7) is 0. The van der Waals surface area contributed by atoms with Crippen LogP contribution in [0, 0.1) is 0 Å². The molecule has 0 aliphatic carbocycles. The number of rotatable bonds is 7. The molecule has 10 nitrogen and oxygen atoms in total. The molecular weight excluding hydrogens is 532 g/mol.